The molecule has 2 rings (SSSR count). The number of methoxy groups -OCH3 is 1. The molecule has 1 heterocycles. The van der Waals surface area contributed by atoms with Gasteiger partial charge in [-0.1, -0.05) is 0 Å². The number of ether oxygens (including phenoxy) is 1. The summed E-state index contributed by atoms with van der Waals surface area (Å²) < 4.78 is 6.68. The average molecular weight is 208 g/mol. The van der Waals surface area contributed by atoms with E-state index in [9.17, 15) is 4.79 Å². The van der Waals surface area contributed by atoms with E-state index >= 15 is 0 Å². The highest BCUT2D eigenvalue weighted by atomic mass is 16.5. The van der Waals surface area contributed by atoms with Gasteiger partial charge < -0.3 is 4.74 Å². The standard InChI is InChI=1S/C11H16N2O2/c1-13-10-6-8(11(14)15-2)4-3-5-9(10)7-12-13/h7-8H,3-6H2,1-2H3/t8-/m1/s1. The predicted octanol–water partition coefficient (Wildman–Crippen LogP) is 1.09. The molecule has 0 aliphatic heterocycles. The minimum atomic E-state index is -0.0935. The smallest absolute Gasteiger partial charge is 0.309 e. The zero-order valence-electron chi connectivity index (χ0n) is 9.19. The van der Waals surface area contributed by atoms with Crippen molar-refractivity contribution in [2.75, 3.05) is 7.11 Å². The summed E-state index contributed by atoms with van der Waals surface area (Å²) in [5.74, 6) is -0.0873. The van der Waals surface area contributed by atoms with Crippen LogP contribution in [-0.2, 0) is 29.4 Å². The first kappa shape index (κ1) is 10.2. The number of fused-ring (bicyclic) bond motifs is 1. The van der Waals surface area contributed by atoms with Crippen molar-refractivity contribution in [3.8, 4) is 0 Å². The van der Waals surface area contributed by atoms with Gasteiger partial charge in [0.15, 0.2) is 0 Å². The number of hydrogen-bond donors (Lipinski definition) is 0. The van der Waals surface area contributed by atoms with Gasteiger partial charge in [-0.25, -0.2) is 0 Å². The van der Waals surface area contributed by atoms with Gasteiger partial charge in [-0.3, -0.25) is 9.48 Å². The Bertz CT molecular complexity index is 371. The first-order valence-electron chi connectivity index (χ1n) is 5.30. The van der Waals surface area contributed by atoms with Gasteiger partial charge in [-0.15, -0.1) is 0 Å². The topological polar surface area (TPSA) is 44.1 Å². The lowest BCUT2D eigenvalue weighted by Crippen LogP contribution is -2.19. The summed E-state index contributed by atoms with van der Waals surface area (Å²) in [5, 5.41) is 4.22. The summed E-state index contributed by atoms with van der Waals surface area (Å²) in [6.45, 7) is 0. The van der Waals surface area contributed by atoms with Crippen LogP contribution >= 0.6 is 0 Å². The van der Waals surface area contributed by atoms with Gasteiger partial charge in [0.2, 0.25) is 0 Å². The Hall–Kier alpha value is -1.32. The molecule has 0 amide bonds. The lowest BCUT2D eigenvalue weighted by atomic mass is 10.0. The molecule has 82 valence electrons. The van der Waals surface area contributed by atoms with Crippen molar-refractivity contribution < 1.29 is 9.53 Å². The van der Waals surface area contributed by atoms with Gasteiger partial charge in [0.1, 0.15) is 0 Å². The lowest BCUT2D eigenvalue weighted by Gasteiger charge is -2.11. The SMILES string of the molecule is COC(=O)[C@@H]1CCCc2cnn(C)c2C1. The minimum Gasteiger partial charge on any atom is -0.469 e. The molecule has 1 aromatic heterocycles. The number of carbonyl (C=O) groups excluding carboxylic acids is 1. The molecule has 0 saturated carbocycles. The van der Waals surface area contributed by atoms with Crippen molar-refractivity contribution in [1.29, 1.82) is 0 Å². The normalized spacial score (nSPS) is 20.5. The van der Waals surface area contributed by atoms with Crippen LogP contribution < -0.4 is 0 Å². The van der Waals surface area contributed by atoms with Crippen LogP contribution in [0.1, 0.15) is 24.1 Å². The second kappa shape index (κ2) is 4.04. The van der Waals surface area contributed by atoms with E-state index in [4.69, 9.17) is 4.74 Å². The maximum atomic E-state index is 11.5. The Morgan fingerprint density at radius 1 is 1.67 bits per heavy atom. The third-order valence-corrected chi connectivity index (χ3v) is 3.12. The Labute approximate surface area is 89.2 Å². The molecule has 4 heteroatoms. The van der Waals surface area contributed by atoms with Crippen molar-refractivity contribution in [2.45, 2.75) is 25.7 Å². The molecule has 0 radical (unpaired) electrons. The van der Waals surface area contributed by atoms with Crippen molar-refractivity contribution in [3.63, 3.8) is 0 Å². The number of hydrogen-bond acceptors (Lipinski definition) is 3. The van der Waals surface area contributed by atoms with Crippen LogP contribution in [0.15, 0.2) is 6.20 Å². The largest absolute Gasteiger partial charge is 0.469 e. The molecule has 0 fully saturated rings. The van der Waals surface area contributed by atoms with Gasteiger partial charge in [0.05, 0.1) is 19.2 Å². The second-order valence-electron chi connectivity index (χ2n) is 4.06. The van der Waals surface area contributed by atoms with Crippen molar-refractivity contribution in [1.82, 2.24) is 9.78 Å². The van der Waals surface area contributed by atoms with Crippen LogP contribution in [0, 0.1) is 5.92 Å². The molecule has 4 nitrogen and oxygen atoms in total. The molecule has 15 heavy (non-hydrogen) atoms. The zero-order valence-corrected chi connectivity index (χ0v) is 9.19. The van der Waals surface area contributed by atoms with Crippen LogP contribution in [0.2, 0.25) is 0 Å². The highest BCUT2D eigenvalue weighted by Crippen LogP contribution is 2.24. The van der Waals surface area contributed by atoms with Gasteiger partial charge >= 0.3 is 5.97 Å². The summed E-state index contributed by atoms with van der Waals surface area (Å²) in [5.41, 5.74) is 2.46. The number of nitrogens with zero attached hydrogens (tertiary/aromatic N) is 2. The number of carbonyl (C=O) groups is 1. The average Bonchev–Trinajstić information content (AvgIpc) is 2.50. The Morgan fingerprint density at radius 3 is 3.20 bits per heavy atom. The zero-order chi connectivity index (χ0) is 10.8. The van der Waals surface area contributed by atoms with E-state index in [1.54, 1.807) is 0 Å². The number of aromatic nitrogens is 2. The molecule has 1 aromatic rings. The van der Waals surface area contributed by atoms with E-state index in [0.29, 0.717) is 0 Å². The summed E-state index contributed by atoms with van der Waals surface area (Å²) in [7, 11) is 3.38. The Kier molecular flexibility index (Phi) is 2.75. The third-order valence-electron chi connectivity index (χ3n) is 3.12. The summed E-state index contributed by atoms with van der Waals surface area (Å²) in [6.07, 6.45) is 5.66. The molecular formula is C11H16N2O2. The number of rotatable bonds is 1. The molecular weight excluding hydrogens is 192 g/mol. The maximum Gasteiger partial charge on any atom is 0.309 e. The first-order valence-corrected chi connectivity index (χ1v) is 5.30. The predicted molar refractivity (Wildman–Crippen MR) is 55.4 cm³/mol. The number of aryl methyl sites for hydroxylation is 2. The summed E-state index contributed by atoms with van der Waals surface area (Å²) in [6, 6.07) is 0. The number of esters is 1. The fourth-order valence-electron chi connectivity index (χ4n) is 2.22. The maximum absolute atomic E-state index is 11.5. The highest BCUT2D eigenvalue weighted by molar-refractivity contribution is 5.72. The lowest BCUT2D eigenvalue weighted by molar-refractivity contribution is -0.145. The van der Waals surface area contributed by atoms with Crippen LogP contribution in [-0.4, -0.2) is 22.9 Å². The van der Waals surface area contributed by atoms with E-state index in [1.807, 2.05) is 17.9 Å². The summed E-state index contributed by atoms with van der Waals surface area (Å²) >= 11 is 0. The van der Waals surface area contributed by atoms with Gasteiger partial charge in [-0.2, -0.15) is 5.10 Å². The monoisotopic (exact) mass is 208 g/mol. The molecule has 0 N–H and O–H groups in total. The molecule has 0 saturated heterocycles. The van der Waals surface area contributed by atoms with Crippen LogP contribution in [0.5, 0.6) is 0 Å². The molecule has 0 unspecified atom stereocenters. The Morgan fingerprint density at radius 2 is 2.47 bits per heavy atom. The van der Waals surface area contributed by atoms with E-state index in [2.05, 4.69) is 5.10 Å². The molecule has 1 aliphatic carbocycles. The quantitative estimate of drug-likeness (QED) is 0.512. The highest BCUT2D eigenvalue weighted by Gasteiger charge is 2.25. The molecule has 0 spiro atoms. The van der Waals surface area contributed by atoms with Gasteiger partial charge in [0.25, 0.3) is 0 Å². The molecule has 0 bridgehead atoms. The molecule has 0 aromatic carbocycles. The van der Waals surface area contributed by atoms with Crippen molar-refractivity contribution >= 4 is 5.97 Å². The van der Waals surface area contributed by atoms with Gasteiger partial charge in [-0.05, 0) is 24.8 Å². The minimum absolute atomic E-state index is 0.00616. The third kappa shape index (κ3) is 1.89. The fraction of sp³-hybridized carbons (Fsp3) is 0.636. The van der Waals surface area contributed by atoms with Crippen LogP contribution in [0.25, 0.3) is 0 Å². The first-order chi connectivity index (χ1) is 7.22. The second-order valence-corrected chi connectivity index (χ2v) is 4.06. The Balaban J connectivity index is 2.23. The van der Waals surface area contributed by atoms with Crippen molar-refractivity contribution in [3.05, 3.63) is 17.5 Å². The van der Waals surface area contributed by atoms with E-state index in [-0.39, 0.29) is 11.9 Å². The fourth-order valence-corrected chi connectivity index (χ4v) is 2.22. The van der Waals surface area contributed by atoms with E-state index < -0.39 is 0 Å². The van der Waals surface area contributed by atoms with Crippen molar-refractivity contribution in [2.24, 2.45) is 13.0 Å². The molecule has 1 aliphatic rings. The van der Waals surface area contributed by atoms with Crippen LogP contribution in [0.4, 0.5) is 0 Å². The molecule has 1 atom stereocenters. The van der Waals surface area contributed by atoms with Crippen LogP contribution in [0.3, 0.4) is 0 Å². The van der Waals surface area contributed by atoms with E-state index in [0.717, 1.165) is 25.7 Å². The summed E-state index contributed by atoms with van der Waals surface area (Å²) in [4.78, 5) is 11.5. The van der Waals surface area contributed by atoms with E-state index in [1.165, 1.54) is 18.4 Å². The van der Waals surface area contributed by atoms with Gasteiger partial charge in [0, 0.05) is 19.2 Å².